The summed E-state index contributed by atoms with van der Waals surface area (Å²) in [5, 5.41) is 0. The highest BCUT2D eigenvalue weighted by atomic mass is 35.5. The van der Waals surface area contributed by atoms with Gasteiger partial charge in [-0.1, -0.05) is 37.3 Å². The lowest BCUT2D eigenvalue weighted by molar-refractivity contribution is -0.133. The minimum Gasteiger partial charge on any atom is -0.332 e. The fraction of sp³-hybridized carbons (Fsp3) is 0.500. The highest BCUT2D eigenvalue weighted by molar-refractivity contribution is 6.27. The molecule has 0 saturated carbocycles. The molecule has 1 aromatic rings. The van der Waals surface area contributed by atoms with E-state index in [4.69, 9.17) is 11.6 Å². The van der Waals surface area contributed by atoms with Crippen LogP contribution in [0.4, 0.5) is 0 Å². The molecule has 0 aliphatic rings. The van der Waals surface area contributed by atoms with Crippen molar-refractivity contribution in [3.63, 3.8) is 0 Å². The Bertz CT molecular complexity index is 350. The maximum absolute atomic E-state index is 11.9. The van der Waals surface area contributed by atoms with Crippen molar-refractivity contribution in [3.8, 4) is 0 Å². The van der Waals surface area contributed by atoms with Crippen LogP contribution in [0, 0.1) is 0 Å². The van der Waals surface area contributed by atoms with Crippen LogP contribution in [0.2, 0.25) is 0 Å². The average molecular weight is 254 g/mol. The van der Waals surface area contributed by atoms with Gasteiger partial charge >= 0.3 is 0 Å². The molecule has 0 radical (unpaired) electrons. The van der Waals surface area contributed by atoms with E-state index in [1.54, 1.807) is 0 Å². The summed E-state index contributed by atoms with van der Waals surface area (Å²) in [6.07, 6.45) is 0.894. The van der Waals surface area contributed by atoms with Gasteiger partial charge in [0.15, 0.2) is 0 Å². The third kappa shape index (κ3) is 3.47. The van der Waals surface area contributed by atoms with Gasteiger partial charge in [0, 0.05) is 6.04 Å². The summed E-state index contributed by atoms with van der Waals surface area (Å²) in [5.74, 6) is 0.0407. The lowest BCUT2D eigenvalue weighted by Crippen LogP contribution is -2.40. The summed E-state index contributed by atoms with van der Waals surface area (Å²) in [5.41, 5.74) is 1.17. The zero-order valence-corrected chi connectivity index (χ0v) is 11.4. The molecule has 1 aromatic carbocycles. The first-order chi connectivity index (χ1) is 8.11. The summed E-state index contributed by atoms with van der Waals surface area (Å²) in [6, 6.07) is 10.4. The Morgan fingerprint density at radius 2 is 1.88 bits per heavy atom. The van der Waals surface area contributed by atoms with Crippen LogP contribution in [0.5, 0.6) is 0 Å². The van der Waals surface area contributed by atoms with E-state index >= 15 is 0 Å². The van der Waals surface area contributed by atoms with Gasteiger partial charge in [-0.3, -0.25) is 4.79 Å². The number of alkyl halides is 1. The Morgan fingerprint density at radius 3 is 2.29 bits per heavy atom. The normalized spacial score (nSPS) is 12.5. The highest BCUT2D eigenvalue weighted by Gasteiger charge is 2.25. The molecule has 0 N–H and O–H groups in total. The molecule has 17 heavy (non-hydrogen) atoms. The van der Waals surface area contributed by atoms with Crippen molar-refractivity contribution in [2.45, 2.75) is 39.3 Å². The molecular formula is C14H20ClNO. The molecule has 0 spiro atoms. The molecule has 1 atom stereocenters. The van der Waals surface area contributed by atoms with E-state index in [0.29, 0.717) is 0 Å². The van der Waals surface area contributed by atoms with Crippen LogP contribution < -0.4 is 0 Å². The number of rotatable bonds is 5. The number of amides is 1. The molecule has 0 heterocycles. The fourth-order valence-corrected chi connectivity index (χ4v) is 2.30. The van der Waals surface area contributed by atoms with Crippen LogP contribution in [0.15, 0.2) is 30.3 Å². The quantitative estimate of drug-likeness (QED) is 0.734. The molecule has 94 valence electrons. The van der Waals surface area contributed by atoms with Crippen molar-refractivity contribution < 1.29 is 4.79 Å². The van der Waals surface area contributed by atoms with Crippen LogP contribution in [0.3, 0.4) is 0 Å². The van der Waals surface area contributed by atoms with Gasteiger partial charge in [-0.05, 0) is 25.8 Å². The molecule has 0 bridgehead atoms. The van der Waals surface area contributed by atoms with E-state index in [-0.39, 0.29) is 23.9 Å². The van der Waals surface area contributed by atoms with Gasteiger partial charge in [0.05, 0.1) is 6.04 Å². The largest absolute Gasteiger partial charge is 0.332 e. The molecule has 2 nitrogen and oxygen atoms in total. The number of carbonyl (C=O) groups is 1. The molecule has 0 saturated heterocycles. The Balaban J connectivity index is 3.02. The van der Waals surface area contributed by atoms with Gasteiger partial charge < -0.3 is 4.90 Å². The number of benzene rings is 1. The highest BCUT2D eigenvalue weighted by Crippen LogP contribution is 2.26. The Hall–Kier alpha value is -1.02. The zero-order chi connectivity index (χ0) is 12.8. The van der Waals surface area contributed by atoms with Crippen molar-refractivity contribution >= 4 is 17.5 Å². The summed E-state index contributed by atoms with van der Waals surface area (Å²) in [6.45, 7) is 6.14. The second-order valence-corrected chi connectivity index (χ2v) is 4.63. The van der Waals surface area contributed by atoms with E-state index in [2.05, 4.69) is 19.1 Å². The predicted octanol–water partition coefficient (Wildman–Crippen LogP) is 3.61. The van der Waals surface area contributed by atoms with Crippen LogP contribution in [0.1, 0.15) is 38.8 Å². The zero-order valence-electron chi connectivity index (χ0n) is 10.7. The van der Waals surface area contributed by atoms with E-state index in [9.17, 15) is 4.79 Å². The smallest absolute Gasteiger partial charge is 0.238 e. The fourth-order valence-electron chi connectivity index (χ4n) is 2.16. The molecule has 1 rings (SSSR count). The lowest BCUT2D eigenvalue weighted by atomic mass is 10.0. The summed E-state index contributed by atoms with van der Waals surface area (Å²) < 4.78 is 0. The summed E-state index contributed by atoms with van der Waals surface area (Å²) >= 11 is 5.69. The molecule has 1 amide bonds. The van der Waals surface area contributed by atoms with E-state index in [1.165, 1.54) is 5.56 Å². The van der Waals surface area contributed by atoms with Crippen LogP contribution in [-0.2, 0) is 4.79 Å². The van der Waals surface area contributed by atoms with Crippen LogP contribution in [0.25, 0.3) is 0 Å². The van der Waals surface area contributed by atoms with E-state index in [1.807, 2.05) is 36.9 Å². The summed E-state index contributed by atoms with van der Waals surface area (Å²) in [7, 11) is 0. The third-order valence-corrected chi connectivity index (χ3v) is 3.09. The van der Waals surface area contributed by atoms with Crippen molar-refractivity contribution in [1.29, 1.82) is 0 Å². The lowest BCUT2D eigenvalue weighted by Gasteiger charge is -2.34. The number of carbonyl (C=O) groups excluding carboxylic acids is 1. The van der Waals surface area contributed by atoms with E-state index < -0.39 is 0 Å². The van der Waals surface area contributed by atoms with E-state index in [0.717, 1.165) is 6.42 Å². The van der Waals surface area contributed by atoms with Crippen molar-refractivity contribution in [3.05, 3.63) is 35.9 Å². The minimum atomic E-state index is -0.00244. The van der Waals surface area contributed by atoms with Crippen LogP contribution >= 0.6 is 11.6 Å². The van der Waals surface area contributed by atoms with Crippen molar-refractivity contribution in [2.75, 3.05) is 5.88 Å². The molecule has 3 heteroatoms. The van der Waals surface area contributed by atoms with Crippen molar-refractivity contribution in [1.82, 2.24) is 4.90 Å². The van der Waals surface area contributed by atoms with Gasteiger partial charge in [0.1, 0.15) is 5.88 Å². The minimum absolute atomic E-state index is 0.00244. The first-order valence-electron chi connectivity index (χ1n) is 6.03. The Labute approximate surface area is 109 Å². The molecule has 0 aliphatic carbocycles. The maximum Gasteiger partial charge on any atom is 0.238 e. The molecule has 0 aromatic heterocycles. The maximum atomic E-state index is 11.9. The van der Waals surface area contributed by atoms with Crippen molar-refractivity contribution in [2.24, 2.45) is 0 Å². The number of halogens is 1. The second-order valence-electron chi connectivity index (χ2n) is 4.36. The number of hydrogen-bond acceptors (Lipinski definition) is 1. The van der Waals surface area contributed by atoms with Crippen LogP contribution in [-0.4, -0.2) is 22.7 Å². The first kappa shape index (κ1) is 14.0. The molecule has 1 unspecified atom stereocenters. The van der Waals surface area contributed by atoms with Gasteiger partial charge in [-0.25, -0.2) is 0 Å². The summed E-state index contributed by atoms with van der Waals surface area (Å²) in [4.78, 5) is 13.8. The average Bonchev–Trinajstić information content (AvgIpc) is 2.35. The standard InChI is InChI=1S/C14H20ClNO/c1-4-13(12-8-6-5-7-9-12)16(11(2)3)14(17)10-15/h5-9,11,13H,4,10H2,1-3H3. The van der Waals surface area contributed by atoms with Gasteiger partial charge in [-0.15, -0.1) is 11.6 Å². The predicted molar refractivity (Wildman–Crippen MR) is 72.2 cm³/mol. The molecular weight excluding hydrogens is 234 g/mol. The SMILES string of the molecule is CCC(c1ccccc1)N(C(=O)CCl)C(C)C. The van der Waals surface area contributed by atoms with Gasteiger partial charge in [-0.2, -0.15) is 0 Å². The second kappa shape index (κ2) is 6.65. The number of hydrogen-bond donors (Lipinski definition) is 0. The van der Waals surface area contributed by atoms with Gasteiger partial charge in [0.2, 0.25) is 5.91 Å². The number of nitrogens with zero attached hydrogens (tertiary/aromatic N) is 1. The Morgan fingerprint density at radius 1 is 1.29 bits per heavy atom. The molecule has 0 aliphatic heterocycles. The topological polar surface area (TPSA) is 20.3 Å². The first-order valence-corrected chi connectivity index (χ1v) is 6.57. The Kier molecular flexibility index (Phi) is 5.49. The van der Waals surface area contributed by atoms with Gasteiger partial charge in [0.25, 0.3) is 0 Å². The monoisotopic (exact) mass is 253 g/mol. The third-order valence-electron chi connectivity index (χ3n) is 2.87. The molecule has 0 fully saturated rings.